The summed E-state index contributed by atoms with van der Waals surface area (Å²) in [5, 5.41) is 5.74. The number of amidine groups is 1. The second-order valence-electron chi connectivity index (χ2n) is 7.31. The first-order valence-electron chi connectivity index (χ1n) is 10.2. The molecule has 7 nitrogen and oxygen atoms in total. The highest BCUT2D eigenvalue weighted by atomic mass is 19.4. The highest BCUT2D eigenvalue weighted by Crippen LogP contribution is 2.35. The van der Waals surface area contributed by atoms with Gasteiger partial charge in [0.1, 0.15) is 17.8 Å². The zero-order valence-electron chi connectivity index (χ0n) is 17.6. The third-order valence-corrected chi connectivity index (χ3v) is 5.23. The Morgan fingerprint density at radius 1 is 1.39 bits per heavy atom. The van der Waals surface area contributed by atoms with Crippen LogP contribution in [0, 0.1) is 0 Å². The van der Waals surface area contributed by atoms with Crippen molar-refractivity contribution in [3.05, 3.63) is 41.7 Å². The number of hydrogen-bond donors (Lipinski definition) is 2. The van der Waals surface area contributed by atoms with Gasteiger partial charge in [-0.15, -0.1) is 0 Å². The number of rotatable bonds is 4. The van der Waals surface area contributed by atoms with Crippen LogP contribution in [-0.2, 0) is 10.9 Å². The number of ether oxygens (including phenoxy) is 1. The summed E-state index contributed by atoms with van der Waals surface area (Å²) in [6.07, 6.45) is -3.36. The molecule has 2 fully saturated rings. The van der Waals surface area contributed by atoms with Crippen LogP contribution in [0.3, 0.4) is 0 Å². The fraction of sp³-hybridized carbons (Fsp3) is 0.476. The summed E-state index contributed by atoms with van der Waals surface area (Å²) in [6.45, 7) is 9.67. The third kappa shape index (κ3) is 5.25. The van der Waals surface area contributed by atoms with E-state index in [1.165, 1.54) is 6.20 Å². The number of nitrogens with zero attached hydrogens (tertiary/aromatic N) is 3. The molecule has 0 spiro atoms. The van der Waals surface area contributed by atoms with Crippen molar-refractivity contribution < 1.29 is 22.7 Å². The van der Waals surface area contributed by atoms with Gasteiger partial charge in [-0.3, -0.25) is 5.32 Å². The average molecular weight is 437 g/mol. The molecule has 0 radical (unpaired) electrons. The van der Waals surface area contributed by atoms with Crippen LogP contribution in [0.2, 0.25) is 0 Å². The number of amides is 1. The monoisotopic (exact) mass is 437 g/mol. The lowest BCUT2D eigenvalue weighted by atomic mass is 9.96. The molecule has 168 valence electrons. The highest BCUT2D eigenvalue weighted by molar-refractivity contribution is 6.13. The van der Waals surface area contributed by atoms with Gasteiger partial charge >= 0.3 is 12.3 Å². The normalized spacial score (nSPS) is 23.1. The molecular weight excluding hydrogens is 411 g/mol. The van der Waals surface area contributed by atoms with E-state index in [2.05, 4.69) is 27.2 Å². The van der Waals surface area contributed by atoms with Gasteiger partial charge < -0.3 is 15.0 Å². The van der Waals surface area contributed by atoms with Gasteiger partial charge in [0, 0.05) is 31.4 Å². The first-order chi connectivity index (χ1) is 14.7. The van der Waals surface area contributed by atoms with Gasteiger partial charge in [0.15, 0.2) is 0 Å². The fourth-order valence-electron chi connectivity index (χ4n) is 3.68. The number of alkyl halides is 3. The standard InChI is InChI=1S/C21H26F3N5O2/c1-4-16-18(19(26-5-2)28-20(30)31-16)13(3)15-11-14(21(22,23)24)12-17(27-15)29-9-6-7-25-8-10-29/h5,11-12,16,25H,2,4,6-10H2,1,3H3,(H,26,28,30)/b18-13+. The molecule has 1 aromatic heterocycles. The fourth-order valence-corrected chi connectivity index (χ4v) is 3.68. The number of alkyl carbamates (subject to hydrolysis) is 1. The summed E-state index contributed by atoms with van der Waals surface area (Å²) in [6, 6.07) is 2.11. The summed E-state index contributed by atoms with van der Waals surface area (Å²) >= 11 is 0. The predicted molar refractivity (Wildman–Crippen MR) is 113 cm³/mol. The van der Waals surface area contributed by atoms with E-state index in [-0.39, 0.29) is 17.3 Å². The molecule has 1 amide bonds. The molecule has 31 heavy (non-hydrogen) atoms. The molecule has 1 atom stereocenters. The first-order valence-corrected chi connectivity index (χ1v) is 10.2. The van der Waals surface area contributed by atoms with Crippen LogP contribution in [0.5, 0.6) is 0 Å². The molecule has 3 rings (SSSR count). The smallest absolute Gasteiger partial charge is 0.416 e. The van der Waals surface area contributed by atoms with Crippen molar-refractivity contribution in [3.63, 3.8) is 0 Å². The number of aliphatic imine (C=N–C) groups is 1. The van der Waals surface area contributed by atoms with E-state index in [1.54, 1.807) is 6.92 Å². The van der Waals surface area contributed by atoms with E-state index in [0.29, 0.717) is 37.2 Å². The van der Waals surface area contributed by atoms with E-state index in [0.717, 1.165) is 25.1 Å². The number of anilines is 1. The van der Waals surface area contributed by atoms with Crippen LogP contribution < -0.4 is 15.5 Å². The molecule has 2 N–H and O–H groups in total. The zero-order valence-corrected chi connectivity index (χ0v) is 17.6. The maximum absolute atomic E-state index is 13.7. The van der Waals surface area contributed by atoms with Gasteiger partial charge in [0.05, 0.1) is 11.3 Å². The van der Waals surface area contributed by atoms with Gasteiger partial charge in [0.2, 0.25) is 0 Å². The van der Waals surface area contributed by atoms with Gasteiger partial charge in [-0.05, 0) is 44.0 Å². The SMILES string of the molecule is C=CN=C1NC(=O)OC(CC)/C1=C(/C)c1cc(C(F)(F)F)cc(N2CCCNCC2)n1. The zero-order chi connectivity index (χ0) is 22.6. The second kappa shape index (κ2) is 9.51. The predicted octanol–water partition coefficient (Wildman–Crippen LogP) is 3.73. The van der Waals surface area contributed by atoms with Crippen molar-refractivity contribution >= 4 is 23.3 Å². The summed E-state index contributed by atoms with van der Waals surface area (Å²) < 4.78 is 46.4. The molecule has 1 unspecified atom stereocenters. The average Bonchev–Trinajstić information content (AvgIpc) is 3.02. The minimum absolute atomic E-state index is 0.159. The molecule has 0 aromatic carbocycles. The van der Waals surface area contributed by atoms with E-state index >= 15 is 0 Å². The Morgan fingerprint density at radius 3 is 2.84 bits per heavy atom. The lowest BCUT2D eigenvalue weighted by Crippen LogP contribution is -2.44. The van der Waals surface area contributed by atoms with Crippen LogP contribution in [-0.4, -0.2) is 49.2 Å². The van der Waals surface area contributed by atoms with Crippen molar-refractivity contribution in [2.24, 2.45) is 4.99 Å². The molecule has 0 bridgehead atoms. The maximum Gasteiger partial charge on any atom is 0.416 e. The van der Waals surface area contributed by atoms with Crippen LogP contribution in [0.15, 0.2) is 35.5 Å². The number of carbonyl (C=O) groups is 1. The van der Waals surface area contributed by atoms with Crippen LogP contribution in [0.4, 0.5) is 23.8 Å². The van der Waals surface area contributed by atoms with E-state index in [9.17, 15) is 18.0 Å². The number of halogens is 3. The summed E-state index contributed by atoms with van der Waals surface area (Å²) in [5.41, 5.74) is 0.317. The van der Waals surface area contributed by atoms with Gasteiger partial charge in [-0.2, -0.15) is 13.2 Å². The minimum atomic E-state index is -4.53. The molecular formula is C21H26F3N5O2. The van der Waals surface area contributed by atoms with Gasteiger partial charge in [-0.25, -0.2) is 14.8 Å². The Balaban J connectivity index is 2.16. The number of nitrogens with one attached hydrogen (secondary N) is 2. The summed E-state index contributed by atoms with van der Waals surface area (Å²) in [4.78, 5) is 22.4. The quantitative estimate of drug-likeness (QED) is 0.751. The molecule has 2 aliphatic rings. The Labute approximate surface area is 179 Å². The second-order valence-corrected chi connectivity index (χ2v) is 7.31. The molecule has 0 aliphatic carbocycles. The van der Waals surface area contributed by atoms with Crippen LogP contribution >= 0.6 is 0 Å². The Kier molecular flexibility index (Phi) is 6.99. The van der Waals surface area contributed by atoms with E-state index in [1.807, 2.05) is 11.8 Å². The number of pyridine rings is 1. The van der Waals surface area contributed by atoms with Crippen LogP contribution in [0.25, 0.3) is 5.57 Å². The van der Waals surface area contributed by atoms with Crippen LogP contribution in [0.1, 0.15) is 37.9 Å². The summed E-state index contributed by atoms with van der Waals surface area (Å²) in [5.74, 6) is 0.472. The number of hydrogen-bond acceptors (Lipinski definition) is 6. The van der Waals surface area contributed by atoms with Crippen molar-refractivity contribution in [2.75, 3.05) is 31.1 Å². The molecule has 2 saturated heterocycles. The van der Waals surface area contributed by atoms with E-state index in [4.69, 9.17) is 4.74 Å². The molecule has 10 heteroatoms. The Hall–Kier alpha value is -2.88. The first kappa shape index (κ1) is 22.8. The number of cyclic esters (lactones) is 1. The third-order valence-electron chi connectivity index (χ3n) is 5.23. The lowest BCUT2D eigenvalue weighted by molar-refractivity contribution is -0.137. The minimum Gasteiger partial charge on any atom is -0.441 e. The van der Waals surface area contributed by atoms with E-state index < -0.39 is 23.9 Å². The van der Waals surface area contributed by atoms with Gasteiger partial charge in [0.25, 0.3) is 0 Å². The Bertz CT molecular complexity index is 903. The number of carbonyl (C=O) groups excluding carboxylic acids is 1. The topological polar surface area (TPSA) is 78.8 Å². The van der Waals surface area contributed by atoms with Gasteiger partial charge in [-0.1, -0.05) is 13.5 Å². The van der Waals surface area contributed by atoms with Crippen molar-refractivity contribution in [3.8, 4) is 0 Å². The molecule has 3 heterocycles. The largest absolute Gasteiger partial charge is 0.441 e. The highest BCUT2D eigenvalue weighted by Gasteiger charge is 2.35. The number of allylic oxidation sites excluding steroid dienone is 1. The lowest BCUT2D eigenvalue weighted by Gasteiger charge is -2.29. The van der Waals surface area contributed by atoms with Crippen molar-refractivity contribution in [2.45, 2.75) is 39.0 Å². The van der Waals surface area contributed by atoms with Crippen molar-refractivity contribution in [1.82, 2.24) is 15.6 Å². The summed E-state index contributed by atoms with van der Waals surface area (Å²) in [7, 11) is 0. The molecule has 2 aliphatic heterocycles. The molecule has 0 saturated carbocycles. The molecule has 1 aromatic rings. The Morgan fingerprint density at radius 2 is 2.16 bits per heavy atom. The van der Waals surface area contributed by atoms with Crippen molar-refractivity contribution in [1.29, 1.82) is 0 Å². The number of aromatic nitrogens is 1. The maximum atomic E-state index is 13.7.